The molecule has 3 heteroatoms. The van der Waals surface area contributed by atoms with E-state index in [1.807, 2.05) is 0 Å². The molecule has 0 aliphatic heterocycles. The summed E-state index contributed by atoms with van der Waals surface area (Å²) >= 11 is 7.32. The molecule has 0 amide bonds. The van der Waals surface area contributed by atoms with Gasteiger partial charge in [-0.2, -0.15) is 0 Å². The van der Waals surface area contributed by atoms with Crippen LogP contribution in [0.25, 0.3) is 0 Å². The molecule has 1 rings (SSSR count). The van der Waals surface area contributed by atoms with Gasteiger partial charge in [-0.25, -0.2) is 0 Å². The minimum Gasteiger partial charge on any atom is -0.496 e. The quantitative estimate of drug-likeness (QED) is 0.662. The van der Waals surface area contributed by atoms with Gasteiger partial charge in [0.25, 0.3) is 0 Å². The second-order valence-corrected chi connectivity index (χ2v) is 6.84. The van der Waals surface area contributed by atoms with Gasteiger partial charge in [0.15, 0.2) is 0 Å². The van der Waals surface area contributed by atoms with Crippen molar-refractivity contribution in [2.75, 3.05) is 7.11 Å². The smallest absolute Gasteiger partial charge is 0.123 e. The average molecular weight is 350 g/mol. The number of hydrogen-bond acceptors (Lipinski definition) is 1. The molecular formula is C13H18Br2O. The minimum absolute atomic E-state index is 0.155. The fourth-order valence-electron chi connectivity index (χ4n) is 1.51. The van der Waals surface area contributed by atoms with Gasteiger partial charge in [-0.05, 0) is 30.0 Å². The molecule has 0 saturated carbocycles. The minimum atomic E-state index is 0.155. The Morgan fingerprint density at radius 1 is 1.25 bits per heavy atom. The highest BCUT2D eigenvalue weighted by atomic mass is 79.9. The van der Waals surface area contributed by atoms with Crippen LogP contribution in [0, 0.1) is 12.3 Å². The zero-order valence-electron chi connectivity index (χ0n) is 10.4. The standard InChI is InChI=1S/C13H18Br2O/c1-8-6-11(16-5)9(7-10(8)14)12(15)13(2,3)4/h6-7,12H,1-5H3. The second kappa shape index (κ2) is 5.09. The number of methoxy groups -OCH3 is 1. The van der Waals surface area contributed by atoms with Crippen LogP contribution in [0.15, 0.2) is 16.6 Å². The summed E-state index contributed by atoms with van der Waals surface area (Å²) in [5.41, 5.74) is 2.53. The van der Waals surface area contributed by atoms with Gasteiger partial charge >= 0.3 is 0 Å². The maximum absolute atomic E-state index is 5.45. The van der Waals surface area contributed by atoms with Crippen molar-refractivity contribution in [1.82, 2.24) is 0 Å². The fraction of sp³-hybridized carbons (Fsp3) is 0.538. The summed E-state index contributed by atoms with van der Waals surface area (Å²) in [5, 5.41) is 0. The molecule has 1 aromatic carbocycles. The molecule has 1 atom stereocenters. The topological polar surface area (TPSA) is 9.23 Å². The van der Waals surface area contributed by atoms with Crippen molar-refractivity contribution in [2.45, 2.75) is 32.5 Å². The van der Waals surface area contributed by atoms with E-state index in [1.54, 1.807) is 7.11 Å². The summed E-state index contributed by atoms with van der Waals surface area (Å²) in [6.07, 6.45) is 0. The Kier molecular flexibility index (Phi) is 4.47. The molecule has 0 radical (unpaired) electrons. The predicted molar refractivity (Wildman–Crippen MR) is 76.6 cm³/mol. The van der Waals surface area contributed by atoms with E-state index in [0.717, 1.165) is 10.2 Å². The monoisotopic (exact) mass is 348 g/mol. The number of alkyl halides is 1. The molecule has 1 nitrogen and oxygen atoms in total. The zero-order chi connectivity index (χ0) is 12.5. The molecule has 0 aromatic heterocycles. The maximum atomic E-state index is 5.45. The number of hydrogen-bond donors (Lipinski definition) is 0. The summed E-state index contributed by atoms with van der Waals surface area (Å²) in [6.45, 7) is 8.69. The molecule has 0 aliphatic rings. The first-order valence-corrected chi connectivity index (χ1v) is 6.96. The van der Waals surface area contributed by atoms with Crippen molar-refractivity contribution in [2.24, 2.45) is 5.41 Å². The van der Waals surface area contributed by atoms with Gasteiger partial charge in [0.05, 0.1) is 7.11 Å². The molecule has 0 aliphatic carbocycles. The molecule has 1 aromatic rings. The summed E-state index contributed by atoms with van der Waals surface area (Å²) in [6, 6.07) is 4.21. The van der Waals surface area contributed by atoms with E-state index in [9.17, 15) is 0 Å². The van der Waals surface area contributed by atoms with E-state index < -0.39 is 0 Å². The molecule has 0 heterocycles. The zero-order valence-corrected chi connectivity index (χ0v) is 13.6. The Morgan fingerprint density at radius 3 is 2.25 bits per heavy atom. The van der Waals surface area contributed by atoms with Crippen LogP contribution in [0.3, 0.4) is 0 Å². The van der Waals surface area contributed by atoms with Crippen molar-refractivity contribution in [3.63, 3.8) is 0 Å². The van der Waals surface area contributed by atoms with E-state index in [4.69, 9.17) is 4.74 Å². The Morgan fingerprint density at radius 2 is 1.81 bits per heavy atom. The van der Waals surface area contributed by atoms with Gasteiger partial charge in [-0.1, -0.05) is 52.6 Å². The lowest BCUT2D eigenvalue weighted by Gasteiger charge is -2.27. The third-order valence-electron chi connectivity index (χ3n) is 2.54. The third kappa shape index (κ3) is 3.01. The molecule has 90 valence electrons. The van der Waals surface area contributed by atoms with Gasteiger partial charge in [0.2, 0.25) is 0 Å². The Bertz CT molecular complexity index is 380. The SMILES string of the molecule is COc1cc(C)c(Br)cc1C(Br)C(C)(C)C. The number of benzene rings is 1. The Balaban J connectivity index is 3.27. The van der Waals surface area contributed by atoms with E-state index in [-0.39, 0.29) is 10.2 Å². The Hall–Kier alpha value is -0.0200. The number of halogens is 2. The number of ether oxygens (including phenoxy) is 1. The lowest BCUT2D eigenvalue weighted by molar-refractivity contribution is 0.376. The molecule has 0 bridgehead atoms. The molecule has 0 saturated heterocycles. The van der Waals surface area contributed by atoms with Crippen LogP contribution in [0.4, 0.5) is 0 Å². The number of aryl methyl sites for hydroxylation is 1. The van der Waals surface area contributed by atoms with Gasteiger partial charge in [-0.3, -0.25) is 0 Å². The summed E-state index contributed by atoms with van der Waals surface area (Å²) in [7, 11) is 1.72. The van der Waals surface area contributed by atoms with Crippen LogP contribution in [-0.4, -0.2) is 7.11 Å². The van der Waals surface area contributed by atoms with Crippen molar-refractivity contribution < 1.29 is 4.74 Å². The molecule has 16 heavy (non-hydrogen) atoms. The van der Waals surface area contributed by atoms with Gasteiger partial charge in [0.1, 0.15) is 5.75 Å². The Labute approximate surface area is 115 Å². The van der Waals surface area contributed by atoms with Crippen LogP contribution in [0.1, 0.15) is 36.7 Å². The van der Waals surface area contributed by atoms with E-state index in [1.165, 1.54) is 11.1 Å². The van der Waals surface area contributed by atoms with Crippen LogP contribution in [0.5, 0.6) is 5.75 Å². The van der Waals surface area contributed by atoms with Crippen molar-refractivity contribution in [3.8, 4) is 5.75 Å². The normalized spacial score (nSPS) is 13.7. The third-order valence-corrected chi connectivity index (χ3v) is 5.27. The fourth-order valence-corrected chi connectivity index (χ4v) is 2.23. The highest BCUT2D eigenvalue weighted by molar-refractivity contribution is 9.10. The molecule has 1 unspecified atom stereocenters. The van der Waals surface area contributed by atoms with Crippen molar-refractivity contribution in [3.05, 3.63) is 27.7 Å². The highest BCUT2D eigenvalue weighted by Gasteiger charge is 2.26. The first-order valence-electron chi connectivity index (χ1n) is 5.25. The first-order chi connectivity index (χ1) is 7.27. The van der Waals surface area contributed by atoms with E-state index in [2.05, 4.69) is 71.7 Å². The van der Waals surface area contributed by atoms with Crippen molar-refractivity contribution >= 4 is 31.9 Å². The number of rotatable bonds is 2. The van der Waals surface area contributed by atoms with Gasteiger partial charge in [-0.15, -0.1) is 0 Å². The maximum Gasteiger partial charge on any atom is 0.123 e. The average Bonchev–Trinajstić information content (AvgIpc) is 2.19. The van der Waals surface area contributed by atoms with Crippen molar-refractivity contribution in [1.29, 1.82) is 0 Å². The lowest BCUT2D eigenvalue weighted by atomic mass is 9.87. The first kappa shape index (κ1) is 14.0. The second-order valence-electron chi connectivity index (χ2n) is 5.07. The van der Waals surface area contributed by atoms with E-state index in [0.29, 0.717) is 0 Å². The van der Waals surface area contributed by atoms with E-state index >= 15 is 0 Å². The van der Waals surface area contributed by atoms with Crippen LogP contribution in [-0.2, 0) is 0 Å². The largest absolute Gasteiger partial charge is 0.496 e. The molecule has 0 N–H and O–H groups in total. The molecule has 0 spiro atoms. The summed E-state index contributed by atoms with van der Waals surface area (Å²) in [4.78, 5) is 0.270. The molecular weight excluding hydrogens is 332 g/mol. The summed E-state index contributed by atoms with van der Waals surface area (Å²) in [5.74, 6) is 0.942. The van der Waals surface area contributed by atoms with Crippen LogP contribution in [0.2, 0.25) is 0 Å². The van der Waals surface area contributed by atoms with Gasteiger partial charge < -0.3 is 4.74 Å². The summed E-state index contributed by atoms with van der Waals surface area (Å²) < 4.78 is 6.57. The van der Waals surface area contributed by atoms with Gasteiger partial charge in [0, 0.05) is 14.9 Å². The van der Waals surface area contributed by atoms with Crippen LogP contribution < -0.4 is 4.74 Å². The van der Waals surface area contributed by atoms with Crippen LogP contribution >= 0.6 is 31.9 Å². The molecule has 0 fully saturated rings. The highest BCUT2D eigenvalue weighted by Crippen LogP contribution is 2.45. The predicted octanol–water partition coefficient (Wildman–Crippen LogP) is 5.25. The lowest BCUT2D eigenvalue weighted by Crippen LogP contribution is -2.13.